The number of aromatic nitrogens is 2. The zero-order valence-corrected chi connectivity index (χ0v) is 12.9. The third-order valence-corrected chi connectivity index (χ3v) is 6.48. The van der Waals surface area contributed by atoms with E-state index in [1.165, 1.54) is 0 Å². The van der Waals surface area contributed by atoms with Crippen molar-refractivity contribution in [2.45, 2.75) is 45.2 Å². The molecule has 1 N–H and O–H groups in total. The zero-order chi connectivity index (χ0) is 13.0. The molecule has 0 spiro atoms. The molecule has 1 aromatic rings. The summed E-state index contributed by atoms with van der Waals surface area (Å²) >= 11 is 5.04. The molecule has 7 heteroatoms. The second kappa shape index (κ2) is 6.24. The van der Waals surface area contributed by atoms with Crippen LogP contribution in [0.1, 0.15) is 25.7 Å². The molecule has 1 aromatic heterocycles. The normalized spacial score (nSPS) is 27.9. The van der Waals surface area contributed by atoms with Crippen molar-refractivity contribution in [3.05, 3.63) is 0 Å². The van der Waals surface area contributed by atoms with E-state index in [1.54, 1.807) is 34.9 Å². The molecule has 0 radical (unpaired) electrons. The number of nitrogens with zero attached hydrogens (tertiary/aromatic N) is 3. The van der Waals surface area contributed by atoms with Gasteiger partial charge >= 0.3 is 0 Å². The maximum absolute atomic E-state index is 9.32. The van der Waals surface area contributed by atoms with Crippen molar-refractivity contribution in [2.75, 3.05) is 13.3 Å². The van der Waals surface area contributed by atoms with Gasteiger partial charge in [0.2, 0.25) is 0 Å². The van der Waals surface area contributed by atoms with E-state index in [9.17, 15) is 5.26 Å². The second-order valence-corrected chi connectivity index (χ2v) is 7.90. The fourth-order valence-electron chi connectivity index (χ4n) is 2.18. The van der Waals surface area contributed by atoms with Crippen LogP contribution in [0.25, 0.3) is 0 Å². The molecule has 1 aliphatic carbocycles. The van der Waals surface area contributed by atoms with Crippen molar-refractivity contribution in [3.63, 3.8) is 0 Å². The number of rotatable bonds is 4. The Kier molecular flexibility index (Phi) is 4.90. The highest BCUT2D eigenvalue weighted by Gasteiger charge is 2.35. The van der Waals surface area contributed by atoms with Crippen LogP contribution in [-0.2, 0) is 0 Å². The SMILES string of the molecule is CNC1(C#N)CCCC(Sc2nnc(SC)s2)C1. The Labute approximate surface area is 120 Å². The smallest absolute Gasteiger partial charge is 0.175 e. The Hall–Kier alpha value is -0.290. The van der Waals surface area contributed by atoms with Crippen LogP contribution in [0.5, 0.6) is 0 Å². The van der Waals surface area contributed by atoms with Crippen molar-refractivity contribution in [2.24, 2.45) is 0 Å². The Morgan fingerprint density at radius 2 is 2.28 bits per heavy atom. The first kappa shape index (κ1) is 14.1. The van der Waals surface area contributed by atoms with Crippen molar-refractivity contribution in [1.29, 1.82) is 5.26 Å². The molecule has 98 valence electrons. The van der Waals surface area contributed by atoms with Gasteiger partial charge in [-0.05, 0) is 39.0 Å². The summed E-state index contributed by atoms with van der Waals surface area (Å²) in [6.45, 7) is 0. The number of thioether (sulfide) groups is 2. The van der Waals surface area contributed by atoms with Gasteiger partial charge in [-0.3, -0.25) is 0 Å². The minimum Gasteiger partial charge on any atom is -0.302 e. The highest BCUT2D eigenvalue weighted by molar-refractivity contribution is 8.03. The predicted molar refractivity (Wildman–Crippen MR) is 77.2 cm³/mol. The van der Waals surface area contributed by atoms with Gasteiger partial charge in [0.15, 0.2) is 8.68 Å². The Balaban J connectivity index is 1.99. The topological polar surface area (TPSA) is 61.6 Å². The largest absolute Gasteiger partial charge is 0.302 e. The molecule has 0 saturated heterocycles. The Bertz CT molecular complexity index is 442. The summed E-state index contributed by atoms with van der Waals surface area (Å²) in [5.41, 5.74) is -0.344. The van der Waals surface area contributed by atoms with E-state index in [-0.39, 0.29) is 5.54 Å². The van der Waals surface area contributed by atoms with Crippen LogP contribution in [-0.4, -0.2) is 34.3 Å². The Morgan fingerprint density at radius 3 is 2.89 bits per heavy atom. The fourth-order valence-corrected chi connectivity index (χ4v) is 5.21. The van der Waals surface area contributed by atoms with Gasteiger partial charge in [0, 0.05) is 5.25 Å². The van der Waals surface area contributed by atoms with Crippen LogP contribution in [0, 0.1) is 11.3 Å². The van der Waals surface area contributed by atoms with Gasteiger partial charge in [-0.1, -0.05) is 34.9 Å². The van der Waals surface area contributed by atoms with Gasteiger partial charge in [0.1, 0.15) is 5.54 Å². The molecule has 1 saturated carbocycles. The second-order valence-electron chi connectivity index (χ2n) is 4.32. The third-order valence-electron chi connectivity index (χ3n) is 3.23. The lowest BCUT2D eigenvalue weighted by Gasteiger charge is -2.34. The van der Waals surface area contributed by atoms with E-state index in [0.717, 1.165) is 34.4 Å². The van der Waals surface area contributed by atoms with E-state index < -0.39 is 0 Å². The molecule has 18 heavy (non-hydrogen) atoms. The number of hydrogen-bond acceptors (Lipinski definition) is 7. The van der Waals surface area contributed by atoms with Gasteiger partial charge in [-0.15, -0.1) is 10.2 Å². The van der Waals surface area contributed by atoms with Crippen molar-refractivity contribution >= 4 is 34.9 Å². The summed E-state index contributed by atoms with van der Waals surface area (Å²) in [6.07, 6.45) is 6.10. The molecule has 0 bridgehead atoms. The van der Waals surface area contributed by atoms with E-state index in [4.69, 9.17) is 0 Å². The highest BCUT2D eigenvalue weighted by atomic mass is 32.2. The lowest BCUT2D eigenvalue weighted by molar-refractivity contribution is 0.323. The molecule has 0 amide bonds. The van der Waals surface area contributed by atoms with Crippen LogP contribution in [0.2, 0.25) is 0 Å². The van der Waals surface area contributed by atoms with Crippen LogP contribution < -0.4 is 5.32 Å². The summed E-state index contributed by atoms with van der Waals surface area (Å²) in [4.78, 5) is 0. The van der Waals surface area contributed by atoms with Crippen LogP contribution in [0.3, 0.4) is 0 Å². The standard InChI is InChI=1S/C11H16N4S3/c1-13-11(7-12)5-3-4-8(6-11)17-10-15-14-9(16-2)18-10/h8,13H,3-6H2,1-2H3. The third kappa shape index (κ3) is 3.18. The average molecular weight is 300 g/mol. The monoisotopic (exact) mass is 300 g/mol. The summed E-state index contributed by atoms with van der Waals surface area (Å²) in [7, 11) is 1.88. The molecule has 0 aliphatic heterocycles. The van der Waals surface area contributed by atoms with Crippen molar-refractivity contribution in [1.82, 2.24) is 15.5 Å². The summed E-state index contributed by atoms with van der Waals surface area (Å²) in [6, 6.07) is 2.44. The molecule has 0 aromatic carbocycles. The maximum atomic E-state index is 9.32. The maximum Gasteiger partial charge on any atom is 0.175 e. The average Bonchev–Trinajstić information content (AvgIpc) is 2.86. The van der Waals surface area contributed by atoms with E-state index in [2.05, 4.69) is 21.6 Å². The first-order chi connectivity index (χ1) is 8.71. The molecular formula is C11H16N4S3. The van der Waals surface area contributed by atoms with E-state index in [0.29, 0.717) is 5.25 Å². The molecule has 2 rings (SSSR count). The number of hydrogen-bond donors (Lipinski definition) is 1. The summed E-state index contributed by atoms with van der Waals surface area (Å²) in [5.74, 6) is 0. The first-order valence-corrected chi connectivity index (χ1v) is 8.78. The van der Waals surface area contributed by atoms with Crippen LogP contribution in [0.15, 0.2) is 8.68 Å². The molecule has 4 nitrogen and oxygen atoms in total. The zero-order valence-electron chi connectivity index (χ0n) is 10.5. The van der Waals surface area contributed by atoms with Gasteiger partial charge in [0.05, 0.1) is 6.07 Å². The van der Waals surface area contributed by atoms with Gasteiger partial charge in [-0.2, -0.15) is 5.26 Å². The van der Waals surface area contributed by atoms with Gasteiger partial charge < -0.3 is 5.32 Å². The van der Waals surface area contributed by atoms with E-state index in [1.807, 2.05) is 13.3 Å². The lowest BCUT2D eigenvalue weighted by Crippen LogP contribution is -2.46. The molecule has 2 unspecified atom stereocenters. The molecule has 1 aliphatic rings. The van der Waals surface area contributed by atoms with Crippen LogP contribution in [0.4, 0.5) is 0 Å². The quantitative estimate of drug-likeness (QED) is 0.863. The summed E-state index contributed by atoms with van der Waals surface area (Å²) in [5, 5.41) is 21.3. The summed E-state index contributed by atoms with van der Waals surface area (Å²) < 4.78 is 2.03. The molecule has 2 atom stereocenters. The molecule has 1 fully saturated rings. The van der Waals surface area contributed by atoms with Crippen molar-refractivity contribution < 1.29 is 0 Å². The fraction of sp³-hybridized carbons (Fsp3) is 0.727. The first-order valence-electron chi connectivity index (χ1n) is 5.85. The predicted octanol–water partition coefficient (Wildman–Crippen LogP) is 2.78. The minimum absolute atomic E-state index is 0.344. The van der Waals surface area contributed by atoms with E-state index >= 15 is 0 Å². The number of nitriles is 1. The molecule has 1 heterocycles. The van der Waals surface area contributed by atoms with Gasteiger partial charge in [0.25, 0.3) is 0 Å². The van der Waals surface area contributed by atoms with Gasteiger partial charge in [-0.25, -0.2) is 0 Å². The van der Waals surface area contributed by atoms with Crippen molar-refractivity contribution in [3.8, 4) is 6.07 Å². The highest BCUT2D eigenvalue weighted by Crippen LogP contribution is 2.39. The van der Waals surface area contributed by atoms with Crippen LogP contribution >= 0.6 is 34.9 Å². The molecular weight excluding hydrogens is 284 g/mol. The Morgan fingerprint density at radius 1 is 1.50 bits per heavy atom. The number of nitrogens with one attached hydrogen (secondary N) is 1. The lowest BCUT2D eigenvalue weighted by atomic mass is 9.83. The minimum atomic E-state index is -0.344.